The topological polar surface area (TPSA) is 55.6 Å². The molecule has 1 amide bonds. The van der Waals surface area contributed by atoms with Crippen LogP contribution < -0.4 is 5.73 Å². The monoisotopic (exact) mass is 174 g/mol. The van der Waals surface area contributed by atoms with Crippen molar-refractivity contribution in [1.29, 1.82) is 0 Å². The van der Waals surface area contributed by atoms with Crippen LogP contribution >= 0.6 is 0 Å². The van der Waals surface area contributed by atoms with Crippen LogP contribution in [0.25, 0.3) is 0 Å². The van der Waals surface area contributed by atoms with Gasteiger partial charge in [0.15, 0.2) is 0 Å². The first-order valence-corrected chi connectivity index (χ1v) is 3.90. The second kappa shape index (κ2) is 4.42. The highest BCUT2D eigenvalue weighted by atomic mass is 16.5. The number of likely N-dealkylation sites (N-methyl/N-ethyl adjacent to an activating group) is 1. The van der Waals surface area contributed by atoms with Gasteiger partial charge in [0.25, 0.3) is 0 Å². The van der Waals surface area contributed by atoms with E-state index in [1.54, 1.807) is 14.1 Å². The normalized spacial score (nSPS) is 11.4. The van der Waals surface area contributed by atoms with Gasteiger partial charge in [-0.2, -0.15) is 0 Å². The SMILES string of the molecule is CN(C)C(=O)COCC(C)(C)N. The first-order chi connectivity index (χ1) is 5.33. The van der Waals surface area contributed by atoms with Gasteiger partial charge >= 0.3 is 0 Å². The lowest BCUT2D eigenvalue weighted by Crippen LogP contribution is -2.39. The number of nitrogens with two attached hydrogens (primary N) is 1. The van der Waals surface area contributed by atoms with Gasteiger partial charge in [0.2, 0.25) is 5.91 Å². The van der Waals surface area contributed by atoms with E-state index in [1.165, 1.54) is 4.90 Å². The van der Waals surface area contributed by atoms with Crippen molar-refractivity contribution in [3.05, 3.63) is 0 Å². The Labute approximate surface area is 73.7 Å². The third-order valence-corrected chi connectivity index (χ3v) is 1.20. The van der Waals surface area contributed by atoms with Gasteiger partial charge in [-0.15, -0.1) is 0 Å². The van der Waals surface area contributed by atoms with Crippen LogP contribution in [0.15, 0.2) is 0 Å². The average Bonchev–Trinajstić information content (AvgIpc) is 1.84. The molecule has 2 N–H and O–H groups in total. The highest BCUT2D eigenvalue weighted by Crippen LogP contribution is 1.96. The largest absolute Gasteiger partial charge is 0.370 e. The van der Waals surface area contributed by atoms with Crippen molar-refractivity contribution in [2.45, 2.75) is 19.4 Å². The molecule has 0 radical (unpaired) electrons. The van der Waals surface area contributed by atoms with Crippen LogP contribution in [0.4, 0.5) is 0 Å². The van der Waals surface area contributed by atoms with E-state index in [-0.39, 0.29) is 18.1 Å². The standard InChI is InChI=1S/C8H18N2O2/c1-8(2,9)6-12-5-7(11)10(3)4/h5-6,9H2,1-4H3. The molecule has 0 aliphatic heterocycles. The molecule has 0 unspecified atom stereocenters. The molecule has 0 bridgehead atoms. The van der Waals surface area contributed by atoms with Gasteiger partial charge in [-0.05, 0) is 13.8 Å². The molecule has 12 heavy (non-hydrogen) atoms. The van der Waals surface area contributed by atoms with Gasteiger partial charge in [0, 0.05) is 19.6 Å². The predicted molar refractivity (Wildman–Crippen MR) is 47.8 cm³/mol. The first kappa shape index (κ1) is 11.4. The molecule has 0 fully saturated rings. The number of nitrogens with zero attached hydrogens (tertiary/aromatic N) is 1. The number of carbonyl (C=O) groups is 1. The van der Waals surface area contributed by atoms with Gasteiger partial charge in [-0.25, -0.2) is 0 Å². The number of hydrogen-bond donors (Lipinski definition) is 1. The summed E-state index contributed by atoms with van der Waals surface area (Å²) in [5.41, 5.74) is 5.28. The van der Waals surface area contributed by atoms with Crippen molar-refractivity contribution in [2.75, 3.05) is 27.3 Å². The maximum atomic E-state index is 11.0. The summed E-state index contributed by atoms with van der Waals surface area (Å²) < 4.78 is 5.10. The molecule has 0 spiro atoms. The Balaban J connectivity index is 3.51. The Morgan fingerprint density at radius 2 is 2.00 bits per heavy atom. The molecule has 0 saturated heterocycles. The van der Waals surface area contributed by atoms with E-state index in [1.807, 2.05) is 13.8 Å². The summed E-state index contributed by atoms with van der Waals surface area (Å²) in [5, 5.41) is 0. The molecular formula is C8H18N2O2. The minimum Gasteiger partial charge on any atom is -0.370 e. The second-order valence-corrected chi connectivity index (χ2v) is 3.77. The molecule has 0 heterocycles. The van der Waals surface area contributed by atoms with Crippen LogP contribution in [0.2, 0.25) is 0 Å². The van der Waals surface area contributed by atoms with E-state index in [2.05, 4.69) is 0 Å². The third-order valence-electron chi connectivity index (χ3n) is 1.20. The highest BCUT2D eigenvalue weighted by Gasteiger charge is 2.12. The fourth-order valence-electron chi connectivity index (χ4n) is 0.530. The Kier molecular flexibility index (Phi) is 4.20. The van der Waals surface area contributed by atoms with E-state index >= 15 is 0 Å². The smallest absolute Gasteiger partial charge is 0.248 e. The van der Waals surface area contributed by atoms with Crippen molar-refractivity contribution in [3.63, 3.8) is 0 Å². The summed E-state index contributed by atoms with van der Waals surface area (Å²) >= 11 is 0. The van der Waals surface area contributed by atoms with Crippen molar-refractivity contribution >= 4 is 5.91 Å². The lowest BCUT2D eigenvalue weighted by Gasteiger charge is -2.18. The van der Waals surface area contributed by atoms with Gasteiger partial charge in [0.1, 0.15) is 6.61 Å². The Morgan fingerprint density at radius 1 is 1.50 bits per heavy atom. The zero-order chi connectivity index (χ0) is 9.78. The highest BCUT2D eigenvalue weighted by molar-refractivity contribution is 5.76. The number of rotatable bonds is 4. The van der Waals surface area contributed by atoms with Crippen LogP contribution in [-0.4, -0.2) is 43.7 Å². The minimum absolute atomic E-state index is 0.0424. The van der Waals surface area contributed by atoms with Crippen LogP contribution in [-0.2, 0) is 9.53 Å². The molecule has 0 aromatic rings. The number of carbonyl (C=O) groups excluding carboxylic acids is 1. The molecule has 0 saturated carbocycles. The Hall–Kier alpha value is -0.610. The van der Waals surface area contributed by atoms with Gasteiger partial charge in [-0.1, -0.05) is 0 Å². The second-order valence-electron chi connectivity index (χ2n) is 3.77. The van der Waals surface area contributed by atoms with Crippen LogP contribution in [0.5, 0.6) is 0 Å². The van der Waals surface area contributed by atoms with Gasteiger partial charge in [-0.3, -0.25) is 4.79 Å². The molecule has 4 heteroatoms. The third kappa shape index (κ3) is 6.12. The summed E-state index contributed by atoms with van der Waals surface area (Å²) in [6, 6.07) is 0. The van der Waals surface area contributed by atoms with Crippen LogP contribution in [0.3, 0.4) is 0 Å². The average molecular weight is 174 g/mol. The van der Waals surface area contributed by atoms with E-state index in [4.69, 9.17) is 10.5 Å². The summed E-state index contributed by atoms with van der Waals surface area (Å²) in [6.45, 7) is 4.21. The molecular weight excluding hydrogens is 156 g/mol. The number of ether oxygens (including phenoxy) is 1. The van der Waals surface area contributed by atoms with Gasteiger partial charge in [0.05, 0.1) is 6.61 Å². The maximum absolute atomic E-state index is 11.0. The van der Waals surface area contributed by atoms with Crippen molar-refractivity contribution in [2.24, 2.45) is 5.73 Å². The lowest BCUT2D eigenvalue weighted by atomic mass is 10.1. The fraction of sp³-hybridized carbons (Fsp3) is 0.875. The number of amides is 1. The zero-order valence-electron chi connectivity index (χ0n) is 8.26. The summed E-state index contributed by atoms with van der Waals surface area (Å²) in [5.74, 6) is -0.0424. The van der Waals surface area contributed by atoms with Crippen LogP contribution in [0.1, 0.15) is 13.8 Å². The van der Waals surface area contributed by atoms with Crippen molar-refractivity contribution < 1.29 is 9.53 Å². The van der Waals surface area contributed by atoms with E-state index in [0.717, 1.165) is 0 Å². The van der Waals surface area contributed by atoms with E-state index < -0.39 is 0 Å². The zero-order valence-corrected chi connectivity index (χ0v) is 8.26. The minimum atomic E-state index is -0.368. The summed E-state index contributed by atoms with van der Waals surface area (Å²) in [6.07, 6.45) is 0. The molecule has 0 atom stereocenters. The molecule has 0 aliphatic rings. The summed E-state index contributed by atoms with van der Waals surface area (Å²) in [4.78, 5) is 12.5. The lowest BCUT2D eigenvalue weighted by molar-refractivity contribution is -0.134. The fourth-order valence-corrected chi connectivity index (χ4v) is 0.530. The molecule has 0 rings (SSSR count). The molecule has 0 aliphatic carbocycles. The molecule has 4 nitrogen and oxygen atoms in total. The van der Waals surface area contributed by atoms with Crippen molar-refractivity contribution in [1.82, 2.24) is 4.90 Å². The Bertz CT molecular complexity index is 150. The number of hydrogen-bond acceptors (Lipinski definition) is 3. The predicted octanol–water partition coefficient (Wildman–Crippen LogP) is -0.171. The molecule has 0 aromatic carbocycles. The van der Waals surface area contributed by atoms with E-state index in [0.29, 0.717) is 6.61 Å². The van der Waals surface area contributed by atoms with E-state index in [9.17, 15) is 4.79 Å². The van der Waals surface area contributed by atoms with Gasteiger partial charge < -0.3 is 15.4 Å². The molecule has 0 aromatic heterocycles. The maximum Gasteiger partial charge on any atom is 0.248 e. The summed E-state index contributed by atoms with van der Waals surface area (Å²) in [7, 11) is 3.39. The Morgan fingerprint density at radius 3 is 2.33 bits per heavy atom. The van der Waals surface area contributed by atoms with Crippen LogP contribution in [0, 0.1) is 0 Å². The first-order valence-electron chi connectivity index (χ1n) is 3.90. The van der Waals surface area contributed by atoms with Crippen molar-refractivity contribution in [3.8, 4) is 0 Å². The quantitative estimate of drug-likeness (QED) is 0.643. The molecule has 72 valence electrons.